The average molecular weight is 272 g/mol. The Balaban J connectivity index is 3.06. The standard InChI is InChI=1S/C11H15ClN4O2/c1-3-18-10-8(12)4-7(5-9(10)17-2)6-15-16-11(13)14/h4-6H,3H2,1-2H3,(H4,13,14,16)/p+1/b15-6-. The fourth-order valence-electron chi connectivity index (χ4n) is 1.29. The number of hydrazone groups is 1. The van der Waals surface area contributed by atoms with E-state index >= 15 is 0 Å². The van der Waals surface area contributed by atoms with E-state index in [1.165, 1.54) is 0 Å². The summed E-state index contributed by atoms with van der Waals surface area (Å²) < 4.78 is 10.6. The number of nitrogens with zero attached hydrogens (tertiary/aromatic N) is 1. The van der Waals surface area contributed by atoms with E-state index in [9.17, 15) is 0 Å². The molecule has 1 aromatic carbocycles. The van der Waals surface area contributed by atoms with Crippen molar-refractivity contribution in [3.05, 3.63) is 22.7 Å². The molecular formula is C11H16ClN4O2+. The van der Waals surface area contributed by atoms with Gasteiger partial charge in [-0.15, -0.1) is 5.10 Å². The van der Waals surface area contributed by atoms with Crippen molar-refractivity contribution in [2.75, 3.05) is 13.7 Å². The van der Waals surface area contributed by atoms with E-state index < -0.39 is 0 Å². The maximum absolute atomic E-state index is 6.10. The van der Waals surface area contributed by atoms with Crippen molar-refractivity contribution >= 4 is 23.8 Å². The lowest BCUT2D eigenvalue weighted by Gasteiger charge is -2.10. The van der Waals surface area contributed by atoms with Gasteiger partial charge in [0, 0.05) is 10.7 Å². The van der Waals surface area contributed by atoms with Crippen molar-refractivity contribution in [2.24, 2.45) is 16.6 Å². The van der Waals surface area contributed by atoms with Crippen molar-refractivity contribution in [1.82, 2.24) is 0 Å². The predicted molar refractivity (Wildman–Crippen MR) is 71.1 cm³/mol. The molecule has 18 heavy (non-hydrogen) atoms. The van der Waals surface area contributed by atoms with Crippen LogP contribution in [0.25, 0.3) is 0 Å². The number of nitrogens with one attached hydrogen (secondary N) is 1. The Hall–Kier alpha value is -1.95. The van der Waals surface area contributed by atoms with Crippen LogP contribution in [0, 0.1) is 0 Å². The van der Waals surface area contributed by atoms with Gasteiger partial charge in [0.1, 0.15) is 0 Å². The first-order chi connectivity index (χ1) is 8.58. The number of nitrogens with two attached hydrogens (primary N) is 2. The molecule has 1 aromatic rings. The first kappa shape index (κ1) is 14.1. The fraction of sp³-hybridized carbons (Fsp3) is 0.273. The molecule has 0 aliphatic heterocycles. The van der Waals surface area contributed by atoms with Gasteiger partial charge in [0.2, 0.25) is 6.21 Å². The molecule has 0 aliphatic carbocycles. The summed E-state index contributed by atoms with van der Waals surface area (Å²) in [5.41, 5.74) is 11.1. The first-order valence-electron chi connectivity index (χ1n) is 5.26. The van der Waals surface area contributed by atoms with Crippen molar-refractivity contribution < 1.29 is 14.6 Å². The zero-order valence-electron chi connectivity index (χ0n) is 10.2. The third-order valence-electron chi connectivity index (χ3n) is 1.97. The average Bonchev–Trinajstić information content (AvgIpc) is 2.31. The number of benzene rings is 1. The molecule has 0 fully saturated rings. The number of ether oxygens (including phenoxy) is 2. The molecule has 0 atom stereocenters. The molecule has 0 heterocycles. The summed E-state index contributed by atoms with van der Waals surface area (Å²) in [6, 6.07) is 3.47. The van der Waals surface area contributed by atoms with Crippen LogP contribution in [0.3, 0.4) is 0 Å². The lowest BCUT2D eigenvalue weighted by atomic mass is 10.2. The molecule has 1 rings (SSSR count). The summed E-state index contributed by atoms with van der Waals surface area (Å²) in [5, 5.41) is 6.66. The van der Waals surface area contributed by atoms with Gasteiger partial charge in [0.05, 0.1) is 18.7 Å². The first-order valence-corrected chi connectivity index (χ1v) is 5.64. The summed E-state index contributed by atoms with van der Waals surface area (Å²) in [4.78, 5) is 0. The van der Waals surface area contributed by atoms with Gasteiger partial charge in [-0.2, -0.15) is 0 Å². The van der Waals surface area contributed by atoms with Gasteiger partial charge >= 0.3 is 0 Å². The Kier molecular flexibility index (Phi) is 5.26. The van der Waals surface area contributed by atoms with Gasteiger partial charge in [-0.3, -0.25) is 0 Å². The summed E-state index contributed by atoms with van der Waals surface area (Å²) >= 11 is 6.10. The molecule has 0 aromatic heterocycles. The highest BCUT2D eigenvalue weighted by Crippen LogP contribution is 2.35. The molecule has 0 radical (unpaired) electrons. The van der Waals surface area contributed by atoms with Crippen LogP contribution < -0.4 is 26.0 Å². The normalized spacial score (nSPS) is 10.4. The molecule has 7 heteroatoms. The molecule has 5 N–H and O–H groups in total. The van der Waals surface area contributed by atoms with E-state index in [0.29, 0.717) is 23.1 Å². The summed E-state index contributed by atoms with van der Waals surface area (Å²) in [5.74, 6) is 0.998. The molecule has 0 amide bonds. The monoisotopic (exact) mass is 271 g/mol. The Morgan fingerprint density at radius 1 is 1.50 bits per heavy atom. The van der Waals surface area contributed by atoms with Crippen LogP contribution in [0.1, 0.15) is 12.5 Å². The van der Waals surface area contributed by atoms with Gasteiger partial charge in [0.25, 0.3) is 5.96 Å². The highest BCUT2D eigenvalue weighted by atomic mass is 35.5. The lowest BCUT2D eigenvalue weighted by Crippen LogP contribution is -2.63. The number of guanidine groups is 1. The Labute approximate surface area is 110 Å². The van der Waals surface area contributed by atoms with Crippen LogP contribution in [0.2, 0.25) is 5.02 Å². The molecule has 0 saturated heterocycles. The van der Waals surface area contributed by atoms with Crippen LogP contribution in [-0.2, 0) is 0 Å². The van der Waals surface area contributed by atoms with Crippen LogP contribution in [0.4, 0.5) is 0 Å². The van der Waals surface area contributed by atoms with E-state index in [-0.39, 0.29) is 5.96 Å². The fourth-order valence-corrected chi connectivity index (χ4v) is 1.56. The van der Waals surface area contributed by atoms with E-state index in [4.69, 9.17) is 32.5 Å². The van der Waals surface area contributed by atoms with Gasteiger partial charge in [-0.25, -0.2) is 0 Å². The molecule has 0 unspecified atom stereocenters. The minimum Gasteiger partial charge on any atom is -0.493 e. The lowest BCUT2D eigenvalue weighted by molar-refractivity contribution is -0.456. The highest BCUT2D eigenvalue weighted by molar-refractivity contribution is 6.32. The SMILES string of the molecule is CCOc1c(Cl)cc(/C=[NH+]\N=C(N)N)cc1OC. The van der Waals surface area contributed by atoms with Crippen molar-refractivity contribution in [3.8, 4) is 11.5 Å². The zero-order chi connectivity index (χ0) is 13.5. The maximum Gasteiger partial charge on any atom is 0.256 e. The van der Waals surface area contributed by atoms with Crippen LogP contribution in [-0.4, -0.2) is 25.9 Å². The number of hydrogen-bond donors (Lipinski definition) is 3. The van der Waals surface area contributed by atoms with Gasteiger partial charge in [0.15, 0.2) is 11.5 Å². The maximum atomic E-state index is 6.10. The second kappa shape index (κ2) is 6.70. The molecule has 0 saturated carbocycles. The minimum atomic E-state index is -0.0600. The van der Waals surface area contributed by atoms with Crippen LogP contribution >= 0.6 is 11.6 Å². The van der Waals surface area contributed by atoms with E-state index in [2.05, 4.69) is 10.2 Å². The van der Waals surface area contributed by atoms with Gasteiger partial charge in [-0.1, -0.05) is 11.6 Å². The quantitative estimate of drug-likeness (QED) is 0.380. The third-order valence-corrected chi connectivity index (χ3v) is 2.25. The Morgan fingerprint density at radius 2 is 2.22 bits per heavy atom. The molecule has 0 aliphatic rings. The second-order valence-electron chi connectivity index (χ2n) is 3.28. The molecule has 6 nitrogen and oxygen atoms in total. The topological polar surface area (TPSA) is 96.8 Å². The third kappa shape index (κ3) is 3.81. The van der Waals surface area contributed by atoms with Gasteiger partial charge in [-0.05, 0) is 19.1 Å². The smallest absolute Gasteiger partial charge is 0.256 e. The van der Waals surface area contributed by atoms with Crippen molar-refractivity contribution in [3.63, 3.8) is 0 Å². The predicted octanol–water partition coefficient (Wildman–Crippen LogP) is -0.565. The number of halogens is 1. The van der Waals surface area contributed by atoms with E-state index in [1.54, 1.807) is 25.5 Å². The summed E-state index contributed by atoms with van der Waals surface area (Å²) in [6.45, 7) is 2.38. The largest absolute Gasteiger partial charge is 0.493 e. The summed E-state index contributed by atoms with van der Waals surface area (Å²) in [6.07, 6.45) is 1.59. The molecular weight excluding hydrogens is 256 g/mol. The Morgan fingerprint density at radius 3 is 2.78 bits per heavy atom. The zero-order valence-corrected chi connectivity index (χ0v) is 11.0. The van der Waals surface area contributed by atoms with Gasteiger partial charge < -0.3 is 20.9 Å². The minimum absolute atomic E-state index is 0.0600. The molecule has 98 valence electrons. The van der Waals surface area contributed by atoms with Crippen LogP contribution in [0.5, 0.6) is 11.5 Å². The Bertz CT molecular complexity index is 470. The highest BCUT2D eigenvalue weighted by Gasteiger charge is 2.11. The number of rotatable bonds is 5. The summed E-state index contributed by atoms with van der Waals surface area (Å²) in [7, 11) is 1.54. The van der Waals surface area contributed by atoms with Crippen molar-refractivity contribution in [1.29, 1.82) is 0 Å². The van der Waals surface area contributed by atoms with Crippen LogP contribution in [0.15, 0.2) is 17.2 Å². The van der Waals surface area contributed by atoms with E-state index in [0.717, 1.165) is 5.56 Å². The number of hydrogen-bond acceptors (Lipinski definition) is 3. The number of methoxy groups -OCH3 is 1. The van der Waals surface area contributed by atoms with Crippen molar-refractivity contribution in [2.45, 2.75) is 6.92 Å². The van der Waals surface area contributed by atoms with E-state index in [1.807, 2.05) is 6.92 Å². The molecule has 0 spiro atoms. The molecule has 0 bridgehead atoms. The second-order valence-corrected chi connectivity index (χ2v) is 3.68.